The lowest BCUT2D eigenvalue weighted by Gasteiger charge is -2.37. The molecule has 4 heterocycles. The number of carbonyl (C=O) groups is 1. The highest BCUT2D eigenvalue weighted by Gasteiger charge is 2.42. The Hall–Kier alpha value is -2.20. The van der Waals surface area contributed by atoms with Gasteiger partial charge in [-0.25, -0.2) is 8.42 Å². The predicted octanol–water partition coefficient (Wildman–Crippen LogP) is 1.58. The Morgan fingerprint density at radius 1 is 1.17 bits per heavy atom. The van der Waals surface area contributed by atoms with Gasteiger partial charge in [0.1, 0.15) is 21.8 Å². The maximum atomic E-state index is 13.4. The number of rotatable bonds is 5. The lowest BCUT2D eigenvalue weighted by Crippen LogP contribution is -2.48. The SMILES string of the molecule is CCN1CCN(c2c(C=C3SC(=S)N(C4CCS(=O)(=O)C4)C3=O)c(C)c(C#N)c(=O)n2CC)CC1. The van der Waals surface area contributed by atoms with Crippen molar-refractivity contribution in [1.29, 1.82) is 5.26 Å². The molecule has 0 bridgehead atoms. The Bertz CT molecular complexity index is 1300. The molecule has 0 N–H and O–H groups in total. The van der Waals surface area contributed by atoms with E-state index < -0.39 is 15.9 Å². The molecule has 35 heavy (non-hydrogen) atoms. The Morgan fingerprint density at radius 3 is 2.40 bits per heavy atom. The summed E-state index contributed by atoms with van der Waals surface area (Å²) in [4.78, 5) is 32.8. The second-order valence-electron chi connectivity index (χ2n) is 8.93. The van der Waals surface area contributed by atoms with Crippen LogP contribution in [0.4, 0.5) is 5.82 Å². The van der Waals surface area contributed by atoms with E-state index in [9.17, 15) is 23.3 Å². The number of thioether (sulfide) groups is 1. The van der Waals surface area contributed by atoms with Gasteiger partial charge in [0, 0.05) is 38.3 Å². The lowest BCUT2D eigenvalue weighted by molar-refractivity contribution is -0.123. The van der Waals surface area contributed by atoms with Gasteiger partial charge in [0.05, 0.1) is 22.5 Å². The van der Waals surface area contributed by atoms with Crippen LogP contribution in [0.25, 0.3) is 6.08 Å². The first-order chi connectivity index (χ1) is 16.6. The van der Waals surface area contributed by atoms with E-state index in [1.54, 1.807) is 17.6 Å². The summed E-state index contributed by atoms with van der Waals surface area (Å²) in [5.41, 5.74) is 0.920. The van der Waals surface area contributed by atoms with Crippen LogP contribution in [0.1, 0.15) is 37.0 Å². The number of piperazine rings is 1. The minimum Gasteiger partial charge on any atom is -0.355 e. The van der Waals surface area contributed by atoms with Gasteiger partial charge >= 0.3 is 0 Å². The summed E-state index contributed by atoms with van der Waals surface area (Å²) in [5.74, 6) is 0.348. The van der Waals surface area contributed by atoms with Crippen LogP contribution in [0.3, 0.4) is 0 Å². The molecule has 3 fully saturated rings. The van der Waals surface area contributed by atoms with E-state index in [0.29, 0.717) is 39.1 Å². The van der Waals surface area contributed by atoms with Crippen molar-refractivity contribution in [2.24, 2.45) is 0 Å². The fourth-order valence-electron chi connectivity index (χ4n) is 4.96. The normalized spacial score (nSPS) is 23.9. The molecule has 0 radical (unpaired) electrons. The molecule has 1 atom stereocenters. The average molecular weight is 536 g/mol. The Balaban J connectivity index is 1.80. The van der Waals surface area contributed by atoms with Crippen molar-refractivity contribution in [3.63, 3.8) is 0 Å². The van der Waals surface area contributed by atoms with Gasteiger partial charge in [0.2, 0.25) is 0 Å². The molecule has 1 unspecified atom stereocenters. The molecule has 3 saturated heterocycles. The van der Waals surface area contributed by atoms with Crippen molar-refractivity contribution in [2.45, 2.75) is 39.8 Å². The number of hydrogen-bond donors (Lipinski definition) is 0. The van der Waals surface area contributed by atoms with Crippen LogP contribution in [-0.2, 0) is 21.2 Å². The van der Waals surface area contributed by atoms with Crippen LogP contribution in [0.15, 0.2) is 9.70 Å². The third kappa shape index (κ3) is 4.79. The first-order valence-corrected chi connectivity index (χ1v) is 14.8. The highest BCUT2D eigenvalue weighted by molar-refractivity contribution is 8.26. The number of sulfone groups is 1. The summed E-state index contributed by atoms with van der Waals surface area (Å²) in [6.45, 7) is 10.2. The van der Waals surface area contributed by atoms with Gasteiger partial charge in [0.15, 0.2) is 9.84 Å². The number of thiocarbonyl (C=S) groups is 1. The van der Waals surface area contributed by atoms with Crippen molar-refractivity contribution < 1.29 is 13.2 Å². The number of aromatic nitrogens is 1. The highest BCUT2D eigenvalue weighted by Crippen LogP contribution is 2.38. The first kappa shape index (κ1) is 25.9. The summed E-state index contributed by atoms with van der Waals surface area (Å²) >= 11 is 6.61. The van der Waals surface area contributed by atoms with Gasteiger partial charge in [-0.1, -0.05) is 30.9 Å². The van der Waals surface area contributed by atoms with Gasteiger partial charge < -0.3 is 9.80 Å². The topological polar surface area (TPSA) is 107 Å². The van der Waals surface area contributed by atoms with Crippen molar-refractivity contribution >= 4 is 55.9 Å². The standard InChI is InChI=1S/C23H29N5O4S3/c1-4-25-7-9-26(10-8-25)20-17(15(3)18(13-24)21(29)27(20)5-2)12-19-22(30)28(23(33)34-19)16-6-11-35(31,32)14-16/h12,16H,4-11,14H2,1-3H3. The molecule has 0 aromatic carbocycles. The van der Waals surface area contributed by atoms with Crippen LogP contribution in [0, 0.1) is 18.3 Å². The summed E-state index contributed by atoms with van der Waals surface area (Å²) in [7, 11) is -3.18. The van der Waals surface area contributed by atoms with E-state index in [1.807, 2.05) is 13.0 Å². The van der Waals surface area contributed by atoms with Crippen LogP contribution in [0.2, 0.25) is 0 Å². The summed E-state index contributed by atoms with van der Waals surface area (Å²) in [6, 6.07) is 1.59. The zero-order valence-corrected chi connectivity index (χ0v) is 22.6. The maximum absolute atomic E-state index is 13.4. The molecule has 1 aromatic rings. The monoisotopic (exact) mass is 535 g/mol. The molecule has 3 aliphatic rings. The van der Waals surface area contributed by atoms with Gasteiger partial charge in [-0.05, 0) is 38.5 Å². The fourth-order valence-corrected chi connectivity index (χ4v) is 8.04. The minimum absolute atomic E-state index is 0.0494. The Labute approximate surface area is 215 Å². The molecule has 188 valence electrons. The zero-order valence-electron chi connectivity index (χ0n) is 20.1. The summed E-state index contributed by atoms with van der Waals surface area (Å²) in [6.07, 6.45) is 2.10. The van der Waals surface area contributed by atoms with Gasteiger partial charge in [-0.15, -0.1) is 0 Å². The smallest absolute Gasteiger partial charge is 0.270 e. The first-order valence-electron chi connectivity index (χ1n) is 11.7. The molecule has 0 saturated carbocycles. The molecular formula is C23H29N5O4S3. The molecule has 9 nitrogen and oxygen atoms in total. The number of hydrogen-bond acceptors (Lipinski definition) is 9. The number of nitrogens with zero attached hydrogens (tertiary/aromatic N) is 5. The minimum atomic E-state index is -3.18. The number of amides is 1. The van der Waals surface area contributed by atoms with E-state index in [4.69, 9.17) is 12.2 Å². The van der Waals surface area contributed by atoms with Gasteiger partial charge in [0.25, 0.3) is 11.5 Å². The average Bonchev–Trinajstić information content (AvgIpc) is 3.32. The number of likely N-dealkylation sites (N-methyl/N-ethyl adjacent to an activating group) is 1. The van der Waals surface area contributed by atoms with Crippen LogP contribution >= 0.6 is 24.0 Å². The summed E-state index contributed by atoms with van der Waals surface area (Å²) < 4.78 is 25.9. The molecule has 0 aliphatic carbocycles. The van der Waals surface area contributed by atoms with Crippen molar-refractivity contribution in [3.05, 3.63) is 31.9 Å². The largest absolute Gasteiger partial charge is 0.355 e. The van der Waals surface area contributed by atoms with Crippen molar-refractivity contribution in [1.82, 2.24) is 14.4 Å². The molecule has 3 aliphatic heterocycles. The quantitative estimate of drug-likeness (QED) is 0.410. The van der Waals surface area contributed by atoms with Gasteiger partial charge in [-0.2, -0.15) is 5.26 Å². The Kier molecular flexibility index (Phi) is 7.43. The predicted molar refractivity (Wildman–Crippen MR) is 142 cm³/mol. The van der Waals surface area contributed by atoms with Crippen LogP contribution in [-0.4, -0.2) is 83.3 Å². The lowest BCUT2D eigenvalue weighted by atomic mass is 10.0. The fraction of sp³-hybridized carbons (Fsp3) is 0.565. The Morgan fingerprint density at radius 2 is 1.86 bits per heavy atom. The van der Waals surface area contributed by atoms with E-state index in [2.05, 4.69) is 16.7 Å². The number of anilines is 1. The van der Waals surface area contributed by atoms with E-state index in [1.165, 1.54) is 4.90 Å². The molecule has 12 heteroatoms. The molecule has 0 spiro atoms. The number of nitriles is 1. The molecular weight excluding hydrogens is 506 g/mol. The highest BCUT2D eigenvalue weighted by atomic mass is 32.2. The second kappa shape index (κ2) is 10.0. The van der Waals surface area contributed by atoms with Gasteiger partial charge in [-0.3, -0.25) is 19.1 Å². The third-order valence-electron chi connectivity index (χ3n) is 6.95. The molecule has 1 amide bonds. The van der Waals surface area contributed by atoms with E-state index in [0.717, 1.165) is 44.5 Å². The maximum Gasteiger partial charge on any atom is 0.270 e. The number of carbonyl (C=O) groups excluding carboxylic acids is 1. The molecule has 1 aromatic heterocycles. The van der Waals surface area contributed by atoms with Crippen LogP contribution in [0.5, 0.6) is 0 Å². The number of pyridine rings is 1. The van der Waals surface area contributed by atoms with E-state index in [-0.39, 0.29) is 28.5 Å². The van der Waals surface area contributed by atoms with Crippen molar-refractivity contribution in [3.8, 4) is 6.07 Å². The van der Waals surface area contributed by atoms with E-state index >= 15 is 0 Å². The second-order valence-corrected chi connectivity index (χ2v) is 12.8. The third-order valence-corrected chi connectivity index (χ3v) is 10.0. The van der Waals surface area contributed by atoms with Crippen molar-refractivity contribution in [2.75, 3.05) is 49.1 Å². The zero-order chi connectivity index (χ0) is 25.5. The molecule has 4 rings (SSSR count). The van der Waals surface area contributed by atoms with Crippen LogP contribution < -0.4 is 10.5 Å². The summed E-state index contributed by atoms with van der Waals surface area (Å²) in [5, 5.41) is 9.74.